The summed E-state index contributed by atoms with van der Waals surface area (Å²) in [7, 11) is 0. The lowest BCUT2D eigenvalue weighted by atomic mass is 9.99. The predicted molar refractivity (Wildman–Crippen MR) is 90.1 cm³/mol. The normalized spacial score (nSPS) is 14.7. The Kier molecular flexibility index (Phi) is 3.94. The molecule has 1 aromatic carbocycles. The zero-order chi connectivity index (χ0) is 15.0. The Morgan fingerprint density at radius 1 is 1.33 bits per heavy atom. The van der Waals surface area contributed by atoms with Gasteiger partial charge in [0.15, 0.2) is 0 Å². The van der Waals surface area contributed by atoms with Crippen molar-refractivity contribution in [2.45, 2.75) is 46.0 Å². The zero-order valence-corrected chi connectivity index (χ0v) is 13.8. The molecule has 0 bridgehead atoms. The van der Waals surface area contributed by atoms with Crippen molar-refractivity contribution in [2.75, 3.05) is 0 Å². The van der Waals surface area contributed by atoms with Gasteiger partial charge in [0.25, 0.3) is 0 Å². The van der Waals surface area contributed by atoms with Crippen LogP contribution in [0.15, 0.2) is 24.3 Å². The van der Waals surface area contributed by atoms with Crippen LogP contribution < -0.4 is 0 Å². The first-order valence-corrected chi connectivity index (χ1v) is 8.15. The van der Waals surface area contributed by atoms with E-state index in [2.05, 4.69) is 55.0 Å². The fourth-order valence-corrected chi connectivity index (χ4v) is 2.91. The van der Waals surface area contributed by atoms with E-state index >= 15 is 0 Å². The van der Waals surface area contributed by atoms with Gasteiger partial charge in [-0.15, -0.1) is 0 Å². The van der Waals surface area contributed by atoms with Gasteiger partial charge in [0.05, 0.1) is 5.69 Å². The molecule has 0 spiro atoms. The maximum absolute atomic E-state index is 5.45. The van der Waals surface area contributed by atoms with E-state index in [1.54, 1.807) is 0 Å². The molecule has 1 N–H and O–H groups in total. The minimum absolute atomic E-state index is 0.588. The van der Waals surface area contributed by atoms with Crippen LogP contribution in [0.4, 0.5) is 0 Å². The number of benzene rings is 1. The second-order valence-corrected chi connectivity index (χ2v) is 6.89. The van der Waals surface area contributed by atoms with Gasteiger partial charge in [-0.1, -0.05) is 44.3 Å². The monoisotopic (exact) mass is 298 g/mol. The highest BCUT2D eigenvalue weighted by molar-refractivity contribution is 7.71. The van der Waals surface area contributed by atoms with E-state index in [9.17, 15) is 0 Å². The molecule has 0 radical (unpaired) electrons. The molecule has 3 rings (SSSR count). The van der Waals surface area contributed by atoms with E-state index in [1.807, 2.05) is 0 Å². The van der Waals surface area contributed by atoms with E-state index in [0.717, 1.165) is 28.1 Å². The number of nitrogens with zero attached hydrogens (tertiary/aromatic N) is 1. The molecule has 2 aromatic rings. The summed E-state index contributed by atoms with van der Waals surface area (Å²) in [6.07, 6.45) is 3.57. The van der Waals surface area contributed by atoms with E-state index in [0.29, 0.717) is 11.8 Å². The zero-order valence-electron chi connectivity index (χ0n) is 12.9. The average Bonchev–Trinajstić information content (AvgIpc) is 3.25. The minimum atomic E-state index is 0.588. The second kappa shape index (κ2) is 5.72. The van der Waals surface area contributed by atoms with Crippen LogP contribution in [0.2, 0.25) is 0 Å². The van der Waals surface area contributed by atoms with Crippen LogP contribution in [0, 0.1) is 17.5 Å². The Hall–Kier alpha value is -1.48. The lowest BCUT2D eigenvalue weighted by Crippen LogP contribution is -2.00. The highest BCUT2D eigenvalue weighted by Crippen LogP contribution is 2.39. The number of rotatable bonds is 4. The Morgan fingerprint density at radius 3 is 2.76 bits per heavy atom. The van der Waals surface area contributed by atoms with Gasteiger partial charge in [-0.2, -0.15) is 0 Å². The first-order chi connectivity index (χ1) is 10.0. The van der Waals surface area contributed by atoms with Crippen molar-refractivity contribution in [3.63, 3.8) is 0 Å². The smallest absolute Gasteiger partial charge is 0.133 e. The van der Waals surface area contributed by atoms with Crippen LogP contribution in [-0.4, -0.2) is 9.97 Å². The topological polar surface area (TPSA) is 28.7 Å². The Morgan fingerprint density at radius 2 is 2.10 bits per heavy atom. The Balaban J connectivity index is 2.05. The third-order valence-electron chi connectivity index (χ3n) is 3.99. The summed E-state index contributed by atoms with van der Waals surface area (Å²) in [6.45, 7) is 6.57. The molecule has 1 aromatic heterocycles. The molecule has 1 heterocycles. The number of hydrogen-bond acceptors (Lipinski definition) is 2. The fraction of sp³-hybridized carbons (Fsp3) is 0.444. The van der Waals surface area contributed by atoms with E-state index in [1.165, 1.54) is 24.0 Å². The highest BCUT2D eigenvalue weighted by atomic mass is 32.1. The van der Waals surface area contributed by atoms with Crippen LogP contribution in [0.5, 0.6) is 0 Å². The third kappa shape index (κ3) is 3.24. The van der Waals surface area contributed by atoms with Gasteiger partial charge in [0.2, 0.25) is 0 Å². The molecule has 21 heavy (non-hydrogen) atoms. The maximum atomic E-state index is 5.45. The summed E-state index contributed by atoms with van der Waals surface area (Å²) in [4.78, 5) is 8.09. The summed E-state index contributed by atoms with van der Waals surface area (Å²) in [5.74, 6) is 2.32. The van der Waals surface area contributed by atoms with Gasteiger partial charge < -0.3 is 4.98 Å². The Bertz CT molecular complexity index is 711. The van der Waals surface area contributed by atoms with Crippen molar-refractivity contribution in [1.82, 2.24) is 9.97 Å². The Labute approximate surface area is 131 Å². The van der Waals surface area contributed by atoms with E-state index in [-0.39, 0.29) is 0 Å². The van der Waals surface area contributed by atoms with E-state index < -0.39 is 0 Å². The lowest BCUT2D eigenvalue weighted by molar-refractivity contribution is 0.647. The first kappa shape index (κ1) is 14.5. The van der Waals surface area contributed by atoms with E-state index in [4.69, 9.17) is 12.2 Å². The third-order valence-corrected chi connectivity index (χ3v) is 4.39. The highest BCUT2D eigenvalue weighted by Gasteiger charge is 2.26. The molecule has 1 aliphatic carbocycles. The summed E-state index contributed by atoms with van der Waals surface area (Å²) >= 11 is 5.45. The van der Waals surface area contributed by atoms with Crippen molar-refractivity contribution in [2.24, 2.45) is 5.92 Å². The molecule has 110 valence electrons. The fourth-order valence-electron chi connectivity index (χ4n) is 2.71. The number of aromatic nitrogens is 2. The molecule has 0 atom stereocenters. The van der Waals surface area contributed by atoms with Crippen molar-refractivity contribution < 1.29 is 0 Å². The van der Waals surface area contributed by atoms with Gasteiger partial charge in [-0.3, -0.25) is 0 Å². The number of nitrogens with one attached hydrogen (secondary N) is 1. The first-order valence-electron chi connectivity index (χ1n) is 7.74. The largest absolute Gasteiger partial charge is 0.343 e. The SMILES string of the molecule is Cc1c(-c2cccc(CC(C)C)c2)[nH]c(C2CC2)nc1=S. The standard InChI is InChI=1S/C18H22N2S/c1-11(2)9-13-5-4-6-15(10-13)16-12(3)18(21)20-17(19-16)14-7-8-14/h4-6,10-11,14H,7-9H2,1-3H3,(H,19,20,21). The second-order valence-electron chi connectivity index (χ2n) is 6.50. The molecule has 1 aliphatic rings. The minimum Gasteiger partial charge on any atom is -0.343 e. The van der Waals surface area contributed by atoms with Gasteiger partial charge in [0, 0.05) is 11.5 Å². The molecule has 1 saturated carbocycles. The predicted octanol–water partition coefficient (Wildman–Crippen LogP) is 5.19. The molecule has 3 heteroatoms. The lowest BCUT2D eigenvalue weighted by Gasteiger charge is -2.11. The quantitative estimate of drug-likeness (QED) is 0.787. The molecule has 2 nitrogen and oxygen atoms in total. The van der Waals surface area contributed by atoms with Crippen LogP contribution in [-0.2, 0) is 6.42 Å². The van der Waals surface area contributed by atoms with Crippen LogP contribution in [0.25, 0.3) is 11.3 Å². The summed E-state index contributed by atoms with van der Waals surface area (Å²) in [5, 5.41) is 0. The number of aromatic amines is 1. The van der Waals surface area contributed by atoms with Crippen molar-refractivity contribution >= 4 is 12.2 Å². The van der Waals surface area contributed by atoms with Gasteiger partial charge in [-0.25, -0.2) is 4.98 Å². The van der Waals surface area contributed by atoms with Gasteiger partial charge in [-0.05, 0) is 49.3 Å². The van der Waals surface area contributed by atoms with Crippen molar-refractivity contribution in [1.29, 1.82) is 0 Å². The van der Waals surface area contributed by atoms with Crippen LogP contribution in [0.1, 0.15) is 49.6 Å². The van der Waals surface area contributed by atoms with Crippen LogP contribution >= 0.6 is 12.2 Å². The number of hydrogen-bond donors (Lipinski definition) is 1. The molecule has 1 fully saturated rings. The van der Waals surface area contributed by atoms with Crippen LogP contribution in [0.3, 0.4) is 0 Å². The molecule has 0 unspecified atom stereocenters. The van der Waals surface area contributed by atoms with Gasteiger partial charge in [0.1, 0.15) is 10.5 Å². The van der Waals surface area contributed by atoms with Crippen molar-refractivity contribution in [3.8, 4) is 11.3 Å². The number of H-pyrrole nitrogens is 1. The molecule has 0 aliphatic heterocycles. The van der Waals surface area contributed by atoms with Crippen molar-refractivity contribution in [3.05, 3.63) is 45.9 Å². The molecule has 0 amide bonds. The molecular formula is C18H22N2S. The summed E-state index contributed by atoms with van der Waals surface area (Å²) in [6, 6.07) is 8.79. The molecular weight excluding hydrogens is 276 g/mol. The van der Waals surface area contributed by atoms with Gasteiger partial charge >= 0.3 is 0 Å². The summed E-state index contributed by atoms with van der Waals surface area (Å²) in [5.41, 5.74) is 4.82. The average molecular weight is 298 g/mol. The maximum Gasteiger partial charge on any atom is 0.133 e. The summed E-state index contributed by atoms with van der Waals surface area (Å²) < 4.78 is 0.736. The molecule has 0 saturated heterocycles.